The smallest absolute Gasteiger partial charge is 0.255 e. The van der Waals surface area contributed by atoms with Gasteiger partial charge in [0, 0.05) is 19.0 Å². The predicted molar refractivity (Wildman–Crippen MR) is 108 cm³/mol. The minimum atomic E-state index is -0.195. The molecule has 0 saturated heterocycles. The van der Waals surface area contributed by atoms with Crippen LogP contribution in [-0.4, -0.2) is 36.3 Å². The number of H-pyrrole nitrogens is 1. The van der Waals surface area contributed by atoms with Crippen LogP contribution in [0.1, 0.15) is 40.1 Å². The maximum Gasteiger partial charge on any atom is 0.255 e. The summed E-state index contributed by atoms with van der Waals surface area (Å²) in [6.45, 7) is 1.94. The molecule has 0 aliphatic carbocycles. The quantitative estimate of drug-likeness (QED) is 0.530. The number of nitrogens with zero attached hydrogens (tertiary/aromatic N) is 5. The number of benzene rings is 2. The standard InChI is InChI=1S/C21H21N7O/c1-14(16-9-6-10-17(12-16)20-24-26-27-25-20)23-21(29)18-13-22-28(2)19(18)11-15-7-4-3-5-8-15/h3-10,12-14H,11H2,1-2H3,(H,23,29)(H,24,25,26,27)/t14-/m0/s1. The van der Waals surface area contributed by atoms with Gasteiger partial charge in [0.2, 0.25) is 5.82 Å². The molecule has 2 heterocycles. The van der Waals surface area contributed by atoms with Crippen molar-refractivity contribution < 1.29 is 4.79 Å². The lowest BCUT2D eigenvalue weighted by atomic mass is 10.0. The molecule has 4 aromatic rings. The van der Waals surface area contributed by atoms with Gasteiger partial charge in [-0.1, -0.05) is 48.5 Å². The number of aryl methyl sites for hydroxylation is 1. The summed E-state index contributed by atoms with van der Waals surface area (Å²) in [5.74, 6) is 0.365. The summed E-state index contributed by atoms with van der Waals surface area (Å²) in [5, 5.41) is 21.4. The molecule has 1 amide bonds. The summed E-state index contributed by atoms with van der Waals surface area (Å²) in [6.07, 6.45) is 2.26. The lowest BCUT2D eigenvalue weighted by Crippen LogP contribution is -2.27. The lowest BCUT2D eigenvalue weighted by molar-refractivity contribution is 0.0939. The molecule has 4 rings (SSSR count). The number of aromatic amines is 1. The van der Waals surface area contributed by atoms with E-state index in [2.05, 4.69) is 31.0 Å². The number of carbonyl (C=O) groups excluding carboxylic acids is 1. The highest BCUT2D eigenvalue weighted by Gasteiger charge is 2.19. The van der Waals surface area contributed by atoms with Gasteiger partial charge < -0.3 is 5.32 Å². The van der Waals surface area contributed by atoms with Crippen LogP contribution in [0.4, 0.5) is 0 Å². The molecule has 0 unspecified atom stereocenters. The van der Waals surface area contributed by atoms with Gasteiger partial charge in [0.05, 0.1) is 23.5 Å². The summed E-state index contributed by atoms with van der Waals surface area (Å²) in [5.41, 5.74) is 4.38. The van der Waals surface area contributed by atoms with E-state index in [0.29, 0.717) is 17.8 Å². The molecular formula is C21H21N7O. The first-order chi connectivity index (χ1) is 14.1. The van der Waals surface area contributed by atoms with Crippen molar-refractivity contribution >= 4 is 5.91 Å². The second kappa shape index (κ2) is 8.05. The van der Waals surface area contributed by atoms with Crippen LogP contribution in [-0.2, 0) is 13.5 Å². The zero-order valence-electron chi connectivity index (χ0n) is 16.2. The van der Waals surface area contributed by atoms with Gasteiger partial charge in [-0.3, -0.25) is 9.48 Å². The van der Waals surface area contributed by atoms with Crippen molar-refractivity contribution in [3.05, 3.63) is 83.2 Å². The van der Waals surface area contributed by atoms with Crippen LogP contribution < -0.4 is 5.32 Å². The third-order valence-electron chi connectivity index (χ3n) is 4.86. The molecule has 2 aromatic heterocycles. The average Bonchev–Trinajstić information content (AvgIpc) is 3.40. The monoisotopic (exact) mass is 387 g/mol. The highest BCUT2D eigenvalue weighted by atomic mass is 16.1. The SMILES string of the molecule is C[C@H](NC(=O)c1cnn(C)c1Cc1ccccc1)c1cccc(-c2nn[nH]n2)c1. The van der Waals surface area contributed by atoms with Crippen LogP contribution in [0.5, 0.6) is 0 Å². The summed E-state index contributed by atoms with van der Waals surface area (Å²) in [4.78, 5) is 13.0. The Balaban J connectivity index is 1.52. The summed E-state index contributed by atoms with van der Waals surface area (Å²) in [7, 11) is 1.85. The van der Waals surface area contributed by atoms with Crippen molar-refractivity contribution in [3.8, 4) is 11.4 Å². The van der Waals surface area contributed by atoms with Gasteiger partial charge in [-0.25, -0.2) is 0 Å². The number of nitrogens with one attached hydrogen (secondary N) is 2. The number of amides is 1. The molecule has 1 atom stereocenters. The molecule has 0 aliphatic rings. The fourth-order valence-corrected chi connectivity index (χ4v) is 3.24. The zero-order valence-corrected chi connectivity index (χ0v) is 16.2. The summed E-state index contributed by atoms with van der Waals surface area (Å²) in [6, 6.07) is 17.6. The lowest BCUT2D eigenvalue weighted by Gasteiger charge is -2.15. The number of hydrogen-bond donors (Lipinski definition) is 2. The third-order valence-corrected chi connectivity index (χ3v) is 4.86. The average molecular weight is 387 g/mol. The van der Waals surface area contributed by atoms with Crippen LogP contribution in [0.15, 0.2) is 60.8 Å². The first-order valence-corrected chi connectivity index (χ1v) is 9.31. The normalized spacial score (nSPS) is 11.9. The Hall–Kier alpha value is -3.81. The molecule has 8 nitrogen and oxygen atoms in total. The molecule has 0 spiro atoms. The molecule has 29 heavy (non-hydrogen) atoms. The van der Waals surface area contributed by atoms with Gasteiger partial charge in [-0.05, 0) is 29.3 Å². The molecule has 0 radical (unpaired) electrons. The Kier molecular flexibility index (Phi) is 5.15. The first-order valence-electron chi connectivity index (χ1n) is 9.31. The Labute approximate surface area is 168 Å². The van der Waals surface area contributed by atoms with E-state index in [1.165, 1.54) is 0 Å². The van der Waals surface area contributed by atoms with E-state index < -0.39 is 0 Å². The molecule has 0 saturated carbocycles. The molecule has 2 aromatic carbocycles. The van der Waals surface area contributed by atoms with E-state index in [4.69, 9.17) is 0 Å². The van der Waals surface area contributed by atoms with Crippen molar-refractivity contribution in [1.29, 1.82) is 0 Å². The maximum atomic E-state index is 13.0. The van der Waals surface area contributed by atoms with Crippen LogP contribution in [0.3, 0.4) is 0 Å². The zero-order chi connectivity index (χ0) is 20.2. The van der Waals surface area contributed by atoms with Crippen LogP contribution in [0, 0.1) is 0 Å². The highest BCUT2D eigenvalue weighted by Crippen LogP contribution is 2.21. The molecular weight excluding hydrogens is 366 g/mol. The molecule has 0 aliphatic heterocycles. The van der Waals surface area contributed by atoms with E-state index in [0.717, 1.165) is 22.4 Å². The Bertz CT molecular complexity index is 1100. The first kappa shape index (κ1) is 18.5. The molecule has 0 bridgehead atoms. The predicted octanol–water partition coefficient (Wildman–Crippen LogP) is 2.68. The van der Waals surface area contributed by atoms with E-state index in [9.17, 15) is 4.79 Å². The van der Waals surface area contributed by atoms with Gasteiger partial charge in [-0.2, -0.15) is 10.3 Å². The molecule has 8 heteroatoms. The van der Waals surface area contributed by atoms with Crippen molar-refractivity contribution in [2.45, 2.75) is 19.4 Å². The van der Waals surface area contributed by atoms with Crippen molar-refractivity contribution in [2.24, 2.45) is 7.05 Å². The number of carbonyl (C=O) groups is 1. The van der Waals surface area contributed by atoms with Crippen molar-refractivity contribution in [3.63, 3.8) is 0 Å². The molecule has 0 fully saturated rings. The van der Waals surface area contributed by atoms with Crippen LogP contribution in [0.25, 0.3) is 11.4 Å². The number of hydrogen-bond acceptors (Lipinski definition) is 5. The number of tetrazole rings is 1. The van der Waals surface area contributed by atoms with E-state index in [-0.39, 0.29) is 11.9 Å². The maximum absolute atomic E-state index is 13.0. The second-order valence-corrected chi connectivity index (χ2v) is 6.85. The third kappa shape index (κ3) is 4.06. The van der Waals surface area contributed by atoms with Gasteiger partial charge in [0.1, 0.15) is 0 Å². The van der Waals surface area contributed by atoms with Gasteiger partial charge >= 0.3 is 0 Å². The van der Waals surface area contributed by atoms with Crippen LogP contribution >= 0.6 is 0 Å². The molecule has 146 valence electrons. The number of rotatable bonds is 6. The van der Waals surface area contributed by atoms with Gasteiger partial charge in [0.25, 0.3) is 5.91 Å². The minimum absolute atomic E-state index is 0.151. The highest BCUT2D eigenvalue weighted by molar-refractivity contribution is 5.95. The van der Waals surface area contributed by atoms with E-state index >= 15 is 0 Å². The van der Waals surface area contributed by atoms with Crippen molar-refractivity contribution in [2.75, 3.05) is 0 Å². The minimum Gasteiger partial charge on any atom is -0.345 e. The van der Waals surface area contributed by atoms with E-state index in [1.54, 1.807) is 10.9 Å². The van der Waals surface area contributed by atoms with Gasteiger partial charge in [-0.15, -0.1) is 10.2 Å². The Morgan fingerprint density at radius 3 is 2.76 bits per heavy atom. The van der Waals surface area contributed by atoms with Crippen molar-refractivity contribution in [1.82, 2.24) is 35.7 Å². The Morgan fingerprint density at radius 2 is 2.00 bits per heavy atom. The summed E-state index contributed by atoms with van der Waals surface area (Å²) < 4.78 is 1.75. The second-order valence-electron chi connectivity index (χ2n) is 6.85. The Morgan fingerprint density at radius 1 is 1.17 bits per heavy atom. The largest absolute Gasteiger partial charge is 0.345 e. The van der Waals surface area contributed by atoms with Crippen LogP contribution in [0.2, 0.25) is 0 Å². The fourth-order valence-electron chi connectivity index (χ4n) is 3.24. The number of aromatic nitrogens is 6. The van der Waals surface area contributed by atoms with E-state index in [1.807, 2.05) is 68.6 Å². The van der Waals surface area contributed by atoms with Gasteiger partial charge in [0.15, 0.2) is 0 Å². The summed E-state index contributed by atoms with van der Waals surface area (Å²) >= 11 is 0. The fraction of sp³-hybridized carbons (Fsp3) is 0.190. The molecule has 2 N–H and O–H groups in total. The topological polar surface area (TPSA) is 101 Å².